The van der Waals surface area contributed by atoms with Crippen LogP contribution in [0.1, 0.15) is 38.5 Å². The van der Waals surface area contributed by atoms with Crippen molar-refractivity contribution in [2.24, 2.45) is 17.8 Å². The lowest BCUT2D eigenvalue weighted by Crippen LogP contribution is -2.27. The second-order valence-corrected chi connectivity index (χ2v) is 6.17. The normalized spacial score (nSPS) is 42.3. The van der Waals surface area contributed by atoms with Crippen LogP contribution in [0.25, 0.3) is 0 Å². The lowest BCUT2D eigenvalue weighted by molar-refractivity contribution is -0.120. The molecule has 0 amide bonds. The Labute approximate surface area is 103 Å². The van der Waals surface area contributed by atoms with Crippen molar-refractivity contribution in [3.05, 3.63) is 0 Å². The second kappa shape index (κ2) is 4.69. The number of hydrogen-bond acceptors (Lipinski definition) is 3. The van der Waals surface area contributed by atoms with Crippen molar-refractivity contribution in [2.45, 2.75) is 44.6 Å². The van der Waals surface area contributed by atoms with Crippen molar-refractivity contribution >= 4 is 5.78 Å². The molecule has 17 heavy (non-hydrogen) atoms. The van der Waals surface area contributed by atoms with Gasteiger partial charge in [-0.1, -0.05) is 0 Å². The first kappa shape index (κ1) is 11.7. The van der Waals surface area contributed by atoms with E-state index in [4.69, 9.17) is 0 Å². The molecule has 2 saturated carbocycles. The molecule has 2 aliphatic carbocycles. The van der Waals surface area contributed by atoms with E-state index in [0.717, 1.165) is 57.7 Å². The maximum atomic E-state index is 11.6. The van der Waals surface area contributed by atoms with E-state index in [-0.39, 0.29) is 6.10 Å². The molecule has 0 aromatic rings. The molecule has 1 aliphatic heterocycles. The number of Topliss-reactive ketones (excluding diaryl/α,β-unsaturated/α-hetero) is 1. The topological polar surface area (TPSA) is 40.5 Å². The molecule has 0 spiro atoms. The van der Waals surface area contributed by atoms with Crippen molar-refractivity contribution in [3.8, 4) is 0 Å². The van der Waals surface area contributed by atoms with Crippen LogP contribution in [0.2, 0.25) is 0 Å². The molecule has 3 rings (SSSR count). The minimum Gasteiger partial charge on any atom is -0.393 e. The third kappa shape index (κ3) is 2.27. The molecule has 1 N–H and O–H groups in total. The molecule has 3 fully saturated rings. The summed E-state index contributed by atoms with van der Waals surface area (Å²) in [7, 11) is 0. The van der Waals surface area contributed by atoms with Crippen LogP contribution in [0.3, 0.4) is 0 Å². The minimum absolute atomic E-state index is 0.0573. The number of carbonyl (C=O) groups is 1. The molecule has 0 radical (unpaired) electrons. The van der Waals surface area contributed by atoms with Gasteiger partial charge in [0.15, 0.2) is 0 Å². The zero-order valence-corrected chi connectivity index (χ0v) is 10.5. The van der Waals surface area contributed by atoms with Gasteiger partial charge in [-0.25, -0.2) is 0 Å². The first-order chi connectivity index (χ1) is 8.24. The summed E-state index contributed by atoms with van der Waals surface area (Å²) in [4.78, 5) is 14.0. The average molecular weight is 237 g/mol. The number of aliphatic hydroxyl groups excluding tert-OH is 1. The summed E-state index contributed by atoms with van der Waals surface area (Å²) in [5.74, 6) is 2.09. The van der Waals surface area contributed by atoms with Gasteiger partial charge >= 0.3 is 0 Å². The zero-order chi connectivity index (χ0) is 11.8. The van der Waals surface area contributed by atoms with E-state index in [9.17, 15) is 9.90 Å². The molecule has 1 heterocycles. The van der Waals surface area contributed by atoms with E-state index in [0.29, 0.717) is 17.6 Å². The molecular weight excluding hydrogens is 214 g/mol. The fourth-order valence-electron chi connectivity index (χ4n) is 4.04. The second-order valence-electron chi connectivity index (χ2n) is 6.17. The quantitative estimate of drug-likeness (QED) is 0.807. The van der Waals surface area contributed by atoms with Crippen LogP contribution < -0.4 is 0 Å². The molecule has 0 bridgehead atoms. The summed E-state index contributed by atoms with van der Waals surface area (Å²) in [6.45, 7) is 3.28. The van der Waals surface area contributed by atoms with Gasteiger partial charge in [-0.2, -0.15) is 0 Å². The van der Waals surface area contributed by atoms with E-state index in [2.05, 4.69) is 4.90 Å². The number of aliphatic hydroxyl groups is 1. The van der Waals surface area contributed by atoms with Gasteiger partial charge in [0.25, 0.3) is 0 Å². The standard InChI is InChI=1S/C14H23NO2/c16-13-3-1-2-10(13)6-7-15-8-11-4-5-14(17)12(11)9-15/h10-12,14,17H,1-9H2. The van der Waals surface area contributed by atoms with Crippen LogP contribution in [-0.2, 0) is 4.79 Å². The summed E-state index contributed by atoms with van der Waals surface area (Å²) in [6, 6.07) is 0. The van der Waals surface area contributed by atoms with Crippen LogP contribution in [0.4, 0.5) is 0 Å². The van der Waals surface area contributed by atoms with Crippen molar-refractivity contribution in [3.63, 3.8) is 0 Å². The van der Waals surface area contributed by atoms with Crippen LogP contribution in [0.5, 0.6) is 0 Å². The molecule has 0 aromatic carbocycles. The number of likely N-dealkylation sites (tertiary alicyclic amines) is 1. The lowest BCUT2D eigenvalue weighted by atomic mass is 10.00. The predicted octanol–water partition coefficient (Wildman–Crippen LogP) is 1.45. The van der Waals surface area contributed by atoms with Gasteiger partial charge in [0.2, 0.25) is 0 Å². The lowest BCUT2D eigenvalue weighted by Gasteiger charge is -2.19. The third-order valence-corrected chi connectivity index (χ3v) is 5.12. The van der Waals surface area contributed by atoms with Crippen LogP contribution in [0.15, 0.2) is 0 Å². The highest BCUT2D eigenvalue weighted by molar-refractivity contribution is 5.82. The Bertz CT molecular complexity index is 305. The molecule has 4 atom stereocenters. The van der Waals surface area contributed by atoms with Gasteiger partial charge in [0.05, 0.1) is 6.10 Å². The molecule has 96 valence electrons. The molecular formula is C14H23NO2. The fraction of sp³-hybridized carbons (Fsp3) is 0.929. The van der Waals surface area contributed by atoms with E-state index in [1.54, 1.807) is 0 Å². The first-order valence-corrected chi connectivity index (χ1v) is 7.17. The fourth-order valence-corrected chi connectivity index (χ4v) is 4.04. The number of nitrogens with zero attached hydrogens (tertiary/aromatic N) is 1. The molecule has 3 heteroatoms. The van der Waals surface area contributed by atoms with E-state index in [1.165, 1.54) is 6.42 Å². The van der Waals surface area contributed by atoms with Gasteiger partial charge in [0.1, 0.15) is 5.78 Å². The summed E-state index contributed by atoms with van der Waals surface area (Å²) >= 11 is 0. The van der Waals surface area contributed by atoms with E-state index >= 15 is 0 Å². The van der Waals surface area contributed by atoms with Gasteiger partial charge in [-0.3, -0.25) is 4.79 Å². The third-order valence-electron chi connectivity index (χ3n) is 5.12. The Morgan fingerprint density at radius 2 is 2.12 bits per heavy atom. The number of ketones is 1. The summed E-state index contributed by atoms with van der Waals surface area (Å²) in [5, 5.41) is 9.86. The van der Waals surface area contributed by atoms with Gasteiger partial charge in [-0.05, 0) is 44.6 Å². The van der Waals surface area contributed by atoms with Crippen LogP contribution >= 0.6 is 0 Å². The van der Waals surface area contributed by atoms with E-state index in [1.807, 2.05) is 0 Å². The number of rotatable bonds is 3. The summed E-state index contributed by atoms with van der Waals surface area (Å²) < 4.78 is 0. The Balaban J connectivity index is 1.46. The average Bonchev–Trinajstić information content (AvgIpc) is 2.96. The Kier molecular flexibility index (Phi) is 3.22. The maximum Gasteiger partial charge on any atom is 0.136 e. The Morgan fingerprint density at radius 1 is 1.24 bits per heavy atom. The maximum absolute atomic E-state index is 11.6. The molecule has 3 nitrogen and oxygen atoms in total. The van der Waals surface area contributed by atoms with Crippen LogP contribution in [0, 0.1) is 17.8 Å². The van der Waals surface area contributed by atoms with Crippen LogP contribution in [-0.4, -0.2) is 41.5 Å². The Morgan fingerprint density at radius 3 is 2.82 bits per heavy atom. The number of fused-ring (bicyclic) bond motifs is 1. The van der Waals surface area contributed by atoms with Crippen molar-refractivity contribution in [1.29, 1.82) is 0 Å². The van der Waals surface area contributed by atoms with E-state index < -0.39 is 0 Å². The highest BCUT2D eigenvalue weighted by Gasteiger charge is 2.41. The molecule has 0 aromatic heterocycles. The molecule has 1 saturated heterocycles. The van der Waals surface area contributed by atoms with Gasteiger partial charge in [0, 0.05) is 31.3 Å². The zero-order valence-electron chi connectivity index (χ0n) is 10.5. The summed E-state index contributed by atoms with van der Waals surface area (Å²) in [6.07, 6.45) is 6.23. The van der Waals surface area contributed by atoms with Crippen molar-refractivity contribution in [1.82, 2.24) is 4.90 Å². The largest absolute Gasteiger partial charge is 0.393 e. The monoisotopic (exact) mass is 237 g/mol. The van der Waals surface area contributed by atoms with Crippen molar-refractivity contribution < 1.29 is 9.90 Å². The van der Waals surface area contributed by atoms with Gasteiger partial charge in [-0.15, -0.1) is 0 Å². The smallest absolute Gasteiger partial charge is 0.136 e. The molecule has 3 aliphatic rings. The minimum atomic E-state index is -0.0573. The number of hydrogen-bond donors (Lipinski definition) is 1. The first-order valence-electron chi connectivity index (χ1n) is 7.17. The Hall–Kier alpha value is -0.410. The summed E-state index contributed by atoms with van der Waals surface area (Å²) in [5.41, 5.74) is 0. The SMILES string of the molecule is O=C1CCCC1CCN1CC2CCC(O)C2C1. The van der Waals surface area contributed by atoms with Gasteiger partial charge < -0.3 is 10.0 Å². The highest BCUT2D eigenvalue weighted by Crippen LogP contribution is 2.38. The van der Waals surface area contributed by atoms with Crippen molar-refractivity contribution in [2.75, 3.05) is 19.6 Å². The highest BCUT2D eigenvalue weighted by atomic mass is 16.3. The molecule has 4 unspecified atom stereocenters. The predicted molar refractivity (Wildman–Crippen MR) is 65.6 cm³/mol. The number of carbonyl (C=O) groups excluding carboxylic acids is 1.